The third-order valence-electron chi connectivity index (χ3n) is 6.18. The fourth-order valence-corrected chi connectivity index (χ4v) is 4.37. The van der Waals surface area contributed by atoms with E-state index in [0.29, 0.717) is 19.0 Å². The minimum atomic E-state index is -0.195. The van der Waals surface area contributed by atoms with E-state index in [0.717, 1.165) is 33.2 Å². The van der Waals surface area contributed by atoms with Crippen LogP contribution in [0.4, 0.5) is 0 Å². The van der Waals surface area contributed by atoms with E-state index in [1.165, 1.54) is 10.8 Å². The lowest BCUT2D eigenvalue weighted by molar-refractivity contribution is -0.120. The van der Waals surface area contributed by atoms with Crippen LogP contribution < -0.4 is 14.9 Å². The van der Waals surface area contributed by atoms with Crippen LogP contribution in [-0.2, 0) is 17.8 Å². The zero-order chi connectivity index (χ0) is 25.5. The first-order valence-electron chi connectivity index (χ1n) is 12.4. The summed E-state index contributed by atoms with van der Waals surface area (Å²) in [6, 6.07) is 34.1. The van der Waals surface area contributed by atoms with Gasteiger partial charge in [-0.1, -0.05) is 84.9 Å². The molecule has 0 unspecified atom stereocenters. The van der Waals surface area contributed by atoms with Crippen molar-refractivity contribution >= 4 is 33.7 Å². The van der Waals surface area contributed by atoms with E-state index in [2.05, 4.69) is 34.8 Å². The number of hydrogen-bond acceptors (Lipinski definition) is 4. The molecule has 184 valence electrons. The molecule has 0 spiro atoms. The van der Waals surface area contributed by atoms with Gasteiger partial charge in [0.2, 0.25) is 5.91 Å². The van der Waals surface area contributed by atoms with Crippen LogP contribution in [0.2, 0.25) is 0 Å². The molecule has 0 fully saturated rings. The summed E-state index contributed by atoms with van der Waals surface area (Å²) in [5, 5.41) is 8.69. The highest BCUT2D eigenvalue weighted by Gasteiger charge is 2.10. The number of nitrogens with one attached hydrogen (secondary N) is 1. The molecule has 0 atom stereocenters. The summed E-state index contributed by atoms with van der Waals surface area (Å²) in [4.78, 5) is 12.5. The van der Waals surface area contributed by atoms with E-state index in [1.54, 1.807) is 6.21 Å². The van der Waals surface area contributed by atoms with Gasteiger partial charge in [-0.25, -0.2) is 5.43 Å². The Morgan fingerprint density at radius 2 is 1.49 bits per heavy atom. The van der Waals surface area contributed by atoms with Gasteiger partial charge in [0.1, 0.15) is 18.1 Å². The third-order valence-corrected chi connectivity index (χ3v) is 6.18. The lowest BCUT2D eigenvalue weighted by atomic mass is 10.0. The van der Waals surface area contributed by atoms with Crippen LogP contribution in [0.1, 0.15) is 23.6 Å². The Hall–Kier alpha value is -4.64. The highest BCUT2D eigenvalue weighted by molar-refractivity contribution is 6.02. The normalized spacial score (nSPS) is 11.2. The Balaban J connectivity index is 1.33. The second kappa shape index (κ2) is 11.4. The van der Waals surface area contributed by atoms with Gasteiger partial charge in [0.25, 0.3) is 0 Å². The summed E-state index contributed by atoms with van der Waals surface area (Å²) in [5.41, 5.74) is 5.47. The summed E-state index contributed by atoms with van der Waals surface area (Å²) in [5.74, 6) is 1.30. The number of amides is 1. The Morgan fingerprint density at radius 3 is 2.27 bits per heavy atom. The number of carbonyl (C=O) groups excluding carboxylic acids is 1. The fourth-order valence-electron chi connectivity index (χ4n) is 4.37. The van der Waals surface area contributed by atoms with Crippen LogP contribution in [0.25, 0.3) is 21.5 Å². The molecule has 5 aromatic carbocycles. The molecule has 0 saturated carbocycles. The molecule has 0 radical (unpaired) electrons. The number of hydrazone groups is 1. The maximum absolute atomic E-state index is 12.5. The standard InChI is InChI=1S/C32H28N2O3/c1-2-36-27-17-14-23(15-18-27)20-32(35)34-33-21-30-29-13-6-4-9-25(29)16-19-31(30)37-22-26-11-7-10-24-8-3-5-12-28(24)26/h3-19,21H,2,20,22H2,1H3,(H,34,35)/b33-21-. The number of rotatable bonds is 9. The van der Waals surface area contributed by atoms with Gasteiger partial charge in [0, 0.05) is 5.56 Å². The quantitative estimate of drug-likeness (QED) is 0.186. The van der Waals surface area contributed by atoms with Gasteiger partial charge in [-0.15, -0.1) is 0 Å². The number of carbonyl (C=O) groups is 1. The van der Waals surface area contributed by atoms with Gasteiger partial charge < -0.3 is 9.47 Å². The highest BCUT2D eigenvalue weighted by Crippen LogP contribution is 2.28. The summed E-state index contributed by atoms with van der Waals surface area (Å²) in [6.07, 6.45) is 1.89. The molecule has 0 aliphatic heterocycles. The third kappa shape index (κ3) is 5.78. The van der Waals surface area contributed by atoms with Gasteiger partial charge in [-0.3, -0.25) is 4.79 Å². The van der Waals surface area contributed by atoms with Crippen molar-refractivity contribution in [3.63, 3.8) is 0 Å². The van der Waals surface area contributed by atoms with E-state index in [1.807, 2.05) is 85.8 Å². The summed E-state index contributed by atoms with van der Waals surface area (Å²) in [6.45, 7) is 2.97. The maximum Gasteiger partial charge on any atom is 0.244 e. The summed E-state index contributed by atoms with van der Waals surface area (Å²) >= 11 is 0. The monoisotopic (exact) mass is 488 g/mol. The number of ether oxygens (including phenoxy) is 2. The molecule has 0 aromatic heterocycles. The minimum absolute atomic E-state index is 0.195. The first-order valence-corrected chi connectivity index (χ1v) is 12.4. The smallest absolute Gasteiger partial charge is 0.244 e. The molecule has 0 aliphatic carbocycles. The summed E-state index contributed by atoms with van der Waals surface area (Å²) in [7, 11) is 0. The van der Waals surface area contributed by atoms with E-state index in [4.69, 9.17) is 9.47 Å². The second-order valence-corrected chi connectivity index (χ2v) is 8.67. The Kier molecular flexibility index (Phi) is 7.42. The predicted molar refractivity (Wildman–Crippen MR) is 149 cm³/mol. The topological polar surface area (TPSA) is 59.9 Å². The molecule has 0 aliphatic rings. The Morgan fingerprint density at radius 1 is 0.784 bits per heavy atom. The number of nitrogens with zero attached hydrogens (tertiary/aromatic N) is 1. The average molecular weight is 489 g/mol. The molecule has 0 saturated heterocycles. The van der Waals surface area contributed by atoms with Crippen LogP contribution in [0, 0.1) is 0 Å². The van der Waals surface area contributed by atoms with Gasteiger partial charge in [-0.05, 0) is 57.8 Å². The first kappa shape index (κ1) is 24.1. The molecular formula is C32H28N2O3. The zero-order valence-electron chi connectivity index (χ0n) is 20.7. The largest absolute Gasteiger partial charge is 0.494 e. The van der Waals surface area contributed by atoms with Crippen molar-refractivity contribution in [1.82, 2.24) is 5.43 Å². The molecule has 37 heavy (non-hydrogen) atoms. The molecule has 5 heteroatoms. The molecule has 1 amide bonds. The van der Waals surface area contributed by atoms with Crippen molar-refractivity contribution in [2.75, 3.05) is 6.61 Å². The first-order chi connectivity index (χ1) is 18.2. The highest BCUT2D eigenvalue weighted by atomic mass is 16.5. The Labute approximate surface area is 216 Å². The van der Waals surface area contributed by atoms with Gasteiger partial charge in [0.15, 0.2) is 0 Å². The second-order valence-electron chi connectivity index (χ2n) is 8.67. The van der Waals surface area contributed by atoms with Gasteiger partial charge in [-0.2, -0.15) is 5.10 Å². The maximum atomic E-state index is 12.5. The van der Waals surface area contributed by atoms with E-state index >= 15 is 0 Å². The molecule has 5 aromatic rings. The number of hydrogen-bond donors (Lipinski definition) is 1. The lowest BCUT2D eigenvalue weighted by Crippen LogP contribution is -2.19. The van der Waals surface area contributed by atoms with E-state index in [-0.39, 0.29) is 12.3 Å². The van der Waals surface area contributed by atoms with Crippen LogP contribution in [-0.4, -0.2) is 18.7 Å². The van der Waals surface area contributed by atoms with Gasteiger partial charge >= 0.3 is 0 Å². The van der Waals surface area contributed by atoms with Crippen LogP contribution >= 0.6 is 0 Å². The average Bonchev–Trinajstić information content (AvgIpc) is 2.93. The van der Waals surface area contributed by atoms with Crippen LogP contribution in [0.3, 0.4) is 0 Å². The zero-order valence-corrected chi connectivity index (χ0v) is 20.7. The van der Waals surface area contributed by atoms with Crippen molar-refractivity contribution in [3.05, 3.63) is 120 Å². The van der Waals surface area contributed by atoms with Gasteiger partial charge in [0.05, 0.1) is 19.2 Å². The molecular weight excluding hydrogens is 460 g/mol. The fraction of sp³-hybridized carbons (Fsp3) is 0.125. The van der Waals surface area contributed by atoms with Crippen LogP contribution in [0.5, 0.6) is 11.5 Å². The minimum Gasteiger partial charge on any atom is -0.494 e. The molecule has 5 rings (SSSR count). The van der Waals surface area contributed by atoms with E-state index < -0.39 is 0 Å². The summed E-state index contributed by atoms with van der Waals surface area (Å²) < 4.78 is 11.8. The van der Waals surface area contributed by atoms with Crippen LogP contribution in [0.15, 0.2) is 108 Å². The van der Waals surface area contributed by atoms with Crippen molar-refractivity contribution in [2.24, 2.45) is 5.10 Å². The lowest BCUT2D eigenvalue weighted by Gasteiger charge is -2.13. The molecule has 0 heterocycles. The molecule has 0 bridgehead atoms. The molecule has 1 N–H and O–H groups in total. The SMILES string of the molecule is CCOc1ccc(CC(=O)N/N=C\c2c(OCc3cccc4ccccc34)ccc3ccccc23)cc1. The van der Waals surface area contributed by atoms with E-state index in [9.17, 15) is 4.79 Å². The Bertz CT molecular complexity index is 1550. The number of benzene rings is 5. The molecule has 5 nitrogen and oxygen atoms in total. The van der Waals surface area contributed by atoms with Crippen molar-refractivity contribution in [3.8, 4) is 11.5 Å². The van der Waals surface area contributed by atoms with Crippen molar-refractivity contribution < 1.29 is 14.3 Å². The predicted octanol–water partition coefficient (Wildman–Crippen LogP) is 6.66. The number of fused-ring (bicyclic) bond motifs is 2. The van der Waals surface area contributed by atoms with Crippen molar-refractivity contribution in [1.29, 1.82) is 0 Å². The van der Waals surface area contributed by atoms with Crippen molar-refractivity contribution in [2.45, 2.75) is 20.0 Å².